The third-order valence-corrected chi connectivity index (χ3v) is 6.13. The summed E-state index contributed by atoms with van der Waals surface area (Å²) in [6.45, 7) is 4.14. The van der Waals surface area contributed by atoms with Gasteiger partial charge < -0.3 is 5.32 Å². The summed E-state index contributed by atoms with van der Waals surface area (Å²) < 4.78 is 29.1. The molecule has 2 unspecified atom stereocenters. The molecular weight excluding hydrogens is 264 g/mol. The lowest BCUT2D eigenvalue weighted by Crippen LogP contribution is -2.43. The predicted molar refractivity (Wildman–Crippen MR) is 71.2 cm³/mol. The van der Waals surface area contributed by atoms with E-state index >= 15 is 0 Å². The van der Waals surface area contributed by atoms with Crippen molar-refractivity contribution in [3.05, 3.63) is 12.3 Å². The molecule has 6 nitrogen and oxygen atoms in total. The van der Waals surface area contributed by atoms with E-state index in [1.54, 1.807) is 21.3 Å². The first-order valence-electron chi connectivity index (χ1n) is 6.90. The van der Waals surface area contributed by atoms with Gasteiger partial charge in [0, 0.05) is 25.2 Å². The average Bonchev–Trinajstić information content (AvgIpc) is 2.93. The van der Waals surface area contributed by atoms with E-state index in [1.807, 2.05) is 6.92 Å². The Kier molecular flexibility index (Phi) is 3.36. The van der Waals surface area contributed by atoms with Crippen molar-refractivity contribution in [1.29, 1.82) is 0 Å². The quantitative estimate of drug-likeness (QED) is 0.873. The van der Waals surface area contributed by atoms with Gasteiger partial charge >= 0.3 is 0 Å². The van der Waals surface area contributed by atoms with E-state index in [1.165, 1.54) is 0 Å². The van der Waals surface area contributed by atoms with Gasteiger partial charge in [-0.15, -0.1) is 0 Å². The van der Waals surface area contributed by atoms with Crippen LogP contribution in [0.5, 0.6) is 0 Å². The van der Waals surface area contributed by atoms with Gasteiger partial charge in [-0.25, -0.2) is 8.42 Å². The first-order valence-corrected chi connectivity index (χ1v) is 8.34. The molecule has 2 bridgehead atoms. The largest absolute Gasteiger partial charge is 0.315 e. The van der Waals surface area contributed by atoms with Gasteiger partial charge in [0.05, 0.1) is 6.20 Å². The van der Waals surface area contributed by atoms with Crippen LogP contribution in [0, 0.1) is 0 Å². The zero-order valence-electron chi connectivity index (χ0n) is 11.1. The Morgan fingerprint density at radius 2 is 2.16 bits per heavy atom. The number of aromatic nitrogens is 2. The first kappa shape index (κ1) is 13.1. The highest BCUT2D eigenvalue weighted by atomic mass is 32.2. The van der Waals surface area contributed by atoms with Gasteiger partial charge in [0.25, 0.3) is 10.0 Å². The summed E-state index contributed by atoms with van der Waals surface area (Å²) in [4.78, 5) is 0. The molecule has 19 heavy (non-hydrogen) atoms. The van der Waals surface area contributed by atoms with E-state index in [2.05, 4.69) is 10.4 Å². The zero-order valence-corrected chi connectivity index (χ0v) is 11.9. The van der Waals surface area contributed by atoms with E-state index in [-0.39, 0.29) is 12.1 Å². The van der Waals surface area contributed by atoms with Gasteiger partial charge in [-0.3, -0.25) is 4.68 Å². The topological polar surface area (TPSA) is 67.2 Å². The third-order valence-electron chi connectivity index (χ3n) is 4.11. The number of nitrogens with one attached hydrogen (secondary N) is 1. The molecule has 0 radical (unpaired) electrons. The summed E-state index contributed by atoms with van der Waals surface area (Å²) in [5.74, 6) is 0. The molecule has 2 aliphatic heterocycles. The fourth-order valence-corrected chi connectivity index (χ4v) is 5.28. The van der Waals surface area contributed by atoms with Crippen molar-refractivity contribution in [1.82, 2.24) is 19.4 Å². The molecule has 3 rings (SSSR count). The number of rotatable bonds is 3. The second-order valence-corrected chi connectivity index (χ2v) is 6.99. The van der Waals surface area contributed by atoms with Crippen LogP contribution in [0.25, 0.3) is 0 Å². The molecule has 3 heterocycles. The van der Waals surface area contributed by atoms with Crippen LogP contribution >= 0.6 is 0 Å². The van der Waals surface area contributed by atoms with E-state index in [0.717, 1.165) is 32.4 Å². The number of nitrogens with zero attached hydrogens (tertiary/aromatic N) is 3. The summed E-state index contributed by atoms with van der Waals surface area (Å²) in [5, 5.41) is 7.74. The molecule has 0 amide bonds. The van der Waals surface area contributed by atoms with Crippen molar-refractivity contribution in [2.24, 2.45) is 0 Å². The van der Waals surface area contributed by atoms with Crippen molar-refractivity contribution in [2.45, 2.75) is 49.8 Å². The number of aryl methyl sites for hydroxylation is 1. The van der Waals surface area contributed by atoms with Crippen LogP contribution in [0.15, 0.2) is 17.3 Å². The zero-order chi connectivity index (χ0) is 13.5. The molecule has 2 saturated heterocycles. The fraction of sp³-hybridized carbons (Fsp3) is 0.750. The SMILES string of the molecule is CCn1nccc1S(=O)(=O)N1C2CCNCC1CC2. The minimum atomic E-state index is -3.43. The van der Waals surface area contributed by atoms with E-state index in [0.29, 0.717) is 11.6 Å². The predicted octanol–water partition coefficient (Wildman–Crippen LogP) is 0.418. The molecular formula is C12H20N4O2S. The normalized spacial score (nSPS) is 28.5. The minimum absolute atomic E-state index is 0.0951. The number of fused-ring (bicyclic) bond motifs is 2. The Labute approximate surface area is 113 Å². The monoisotopic (exact) mass is 284 g/mol. The molecule has 1 N–H and O–H groups in total. The molecule has 2 fully saturated rings. The first-order chi connectivity index (χ1) is 9.14. The smallest absolute Gasteiger partial charge is 0.260 e. The average molecular weight is 284 g/mol. The Morgan fingerprint density at radius 1 is 1.37 bits per heavy atom. The molecule has 1 aromatic heterocycles. The van der Waals surface area contributed by atoms with Gasteiger partial charge in [0.15, 0.2) is 5.03 Å². The molecule has 0 spiro atoms. The minimum Gasteiger partial charge on any atom is -0.315 e. The number of hydrogen-bond acceptors (Lipinski definition) is 4. The van der Waals surface area contributed by atoms with Crippen LogP contribution in [-0.2, 0) is 16.6 Å². The van der Waals surface area contributed by atoms with Crippen LogP contribution < -0.4 is 5.32 Å². The van der Waals surface area contributed by atoms with Crippen molar-refractivity contribution in [3.8, 4) is 0 Å². The maximum atomic E-state index is 12.9. The van der Waals surface area contributed by atoms with Crippen molar-refractivity contribution < 1.29 is 8.42 Å². The highest BCUT2D eigenvalue weighted by Crippen LogP contribution is 2.33. The van der Waals surface area contributed by atoms with Crippen LogP contribution in [0.4, 0.5) is 0 Å². The van der Waals surface area contributed by atoms with E-state index < -0.39 is 10.0 Å². The van der Waals surface area contributed by atoms with Gasteiger partial charge in [0.2, 0.25) is 0 Å². The molecule has 2 atom stereocenters. The molecule has 1 aromatic rings. The van der Waals surface area contributed by atoms with Gasteiger partial charge in [-0.2, -0.15) is 9.40 Å². The Bertz CT molecular complexity index is 540. The maximum absolute atomic E-state index is 12.9. The molecule has 7 heteroatoms. The lowest BCUT2D eigenvalue weighted by molar-refractivity contribution is 0.330. The van der Waals surface area contributed by atoms with Crippen molar-refractivity contribution >= 4 is 10.0 Å². The van der Waals surface area contributed by atoms with Crippen LogP contribution in [0.1, 0.15) is 26.2 Å². The molecule has 0 aromatic carbocycles. The van der Waals surface area contributed by atoms with Crippen LogP contribution in [0.2, 0.25) is 0 Å². The third kappa shape index (κ3) is 2.09. The van der Waals surface area contributed by atoms with Crippen LogP contribution in [0.3, 0.4) is 0 Å². The van der Waals surface area contributed by atoms with E-state index in [9.17, 15) is 8.42 Å². The second kappa shape index (κ2) is 4.88. The summed E-state index contributed by atoms with van der Waals surface area (Å²) >= 11 is 0. The Hall–Kier alpha value is -0.920. The number of hydrogen-bond donors (Lipinski definition) is 1. The van der Waals surface area contributed by atoms with Crippen LogP contribution in [-0.4, -0.2) is 47.7 Å². The lowest BCUT2D eigenvalue weighted by Gasteiger charge is -2.26. The molecule has 2 aliphatic rings. The number of sulfonamides is 1. The fourth-order valence-electron chi connectivity index (χ4n) is 3.22. The highest BCUT2D eigenvalue weighted by Gasteiger charge is 2.43. The maximum Gasteiger partial charge on any atom is 0.260 e. The van der Waals surface area contributed by atoms with Gasteiger partial charge in [0.1, 0.15) is 0 Å². The lowest BCUT2D eigenvalue weighted by atomic mass is 10.1. The molecule has 0 saturated carbocycles. The van der Waals surface area contributed by atoms with Crippen molar-refractivity contribution in [3.63, 3.8) is 0 Å². The summed E-state index contributed by atoms with van der Waals surface area (Å²) in [7, 11) is -3.43. The Balaban J connectivity index is 2.00. The summed E-state index contributed by atoms with van der Waals surface area (Å²) in [6.07, 6.45) is 4.40. The second-order valence-electron chi connectivity index (χ2n) is 5.20. The Morgan fingerprint density at radius 3 is 2.95 bits per heavy atom. The molecule has 106 valence electrons. The van der Waals surface area contributed by atoms with Gasteiger partial charge in [-0.05, 0) is 38.8 Å². The summed E-state index contributed by atoms with van der Waals surface area (Å²) in [5.41, 5.74) is 0. The van der Waals surface area contributed by atoms with Gasteiger partial charge in [-0.1, -0.05) is 0 Å². The summed E-state index contributed by atoms with van der Waals surface area (Å²) in [6, 6.07) is 1.85. The van der Waals surface area contributed by atoms with Crippen molar-refractivity contribution in [2.75, 3.05) is 13.1 Å². The van der Waals surface area contributed by atoms with E-state index in [4.69, 9.17) is 0 Å². The highest BCUT2D eigenvalue weighted by molar-refractivity contribution is 7.89. The molecule has 0 aliphatic carbocycles. The standard InChI is InChI=1S/C12H20N4O2S/c1-2-15-12(6-8-14-15)19(17,18)16-10-3-4-11(16)9-13-7-5-10/h6,8,10-11,13H,2-5,7,9H2,1H3.